The summed E-state index contributed by atoms with van der Waals surface area (Å²) in [7, 11) is -3.73. The van der Waals surface area contributed by atoms with Gasteiger partial charge in [0.1, 0.15) is 10.7 Å². The topological polar surface area (TPSA) is 82.1 Å². The molecule has 0 spiro atoms. The number of rotatable bonds is 7. The standard InChI is InChI=1S/C27H40N4O3S/c1-4-24-25(22-10-8-20(2)9-11-22)35(33,34)29-26(24)31-17-12-23(13-18-31)27(32)28-14-6-16-30-15-5-7-21(3)19-30/h8-11,21,23H,4-7,12-19H2,1-3H3,(H,28,32)/t21-/m1/s1. The number of likely N-dealkylation sites (tertiary alicyclic amines) is 2. The van der Waals surface area contributed by atoms with Crippen molar-refractivity contribution < 1.29 is 13.2 Å². The van der Waals surface area contributed by atoms with Crippen LogP contribution in [0.25, 0.3) is 4.91 Å². The third-order valence-electron chi connectivity index (χ3n) is 7.53. The first-order valence-electron chi connectivity index (χ1n) is 13.2. The Morgan fingerprint density at radius 2 is 1.83 bits per heavy atom. The number of nitrogens with one attached hydrogen (secondary N) is 1. The zero-order chi connectivity index (χ0) is 25.0. The lowest BCUT2D eigenvalue weighted by atomic mass is 9.94. The van der Waals surface area contributed by atoms with Crippen molar-refractivity contribution in [3.63, 3.8) is 0 Å². The summed E-state index contributed by atoms with van der Waals surface area (Å²) in [5.41, 5.74) is 2.56. The summed E-state index contributed by atoms with van der Waals surface area (Å²) in [5, 5.41) is 3.13. The molecular formula is C27H40N4O3S. The number of benzene rings is 1. The fourth-order valence-corrected chi connectivity index (χ4v) is 7.09. The molecule has 0 aliphatic carbocycles. The highest BCUT2D eigenvalue weighted by molar-refractivity contribution is 8.00. The molecule has 0 radical (unpaired) electrons. The number of amides is 1. The van der Waals surface area contributed by atoms with E-state index in [4.69, 9.17) is 0 Å². The van der Waals surface area contributed by atoms with Crippen LogP contribution in [-0.4, -0.2) is 69.2 Å². The minimum absolute atomic E-state index is 0.0227. The molecule has 2 fully saturated rings. The summed E-state index contributed by atoms with van der Waals surface area (Å²) < 4.78 is 30.2. The molecule has 3 aliphatic heterocycles. The van der Waals surface area contributed by atoms with E-state index in [1.165, 1.54) is 25.9 Å². The van der Waals surface area contributed by atoms with Crippen LogP contribution in [0.1, 0.15) is 63.5 Å². The van der Waals surface area contributed by atoms with Crippen molar-refractivity contribution in [3.8, 4) is 0 Å². The Hall–Kier alpha value is -2.19. The number of aryl methyl sites for hydroxylation is 1. The smallest absolute Gasteiger partial charge is 0.285 e. The lowest BCUT2D eigenvalue weighted by molar-refractivity contribution is -0.126. The van der Waals surface area contributed by atoms with Gasteiger partial charge in [0.2, 0.25) is 5.91 Å². The molecule has 2 saturated heterocycles. The van der Waals surface area contributed by atoms with E-state index >= 15 is 0 Å². The highest BCUT2D eigenvalue weighted by atomic mass is 32.2. The molecule has 3 heterocycles. The molecule has 1 aromatic rings. The quantitative estimate of drug-likeness (QED) is 0.576. The summed E-state index contributed by atoms with van der Waals surface area (Å²) in [6.07, 6.45) is 5.61. The molecule has 0 saturated carbocycles. The minimum atomic E-state index is -3.73. The fourth-order valence-electron chi connectivity index (χ4n) is 5.57. The van der Waals surface area contributed by atoms with Crippen LogP contribution in [0.4, 0.5) is 0 Å². The first-order valence-corrected chi connectivity index (χ1v) is 14.6. The van der Waals surface area contributed by atoms with Gasteiger partial charge in [0.15, 0.2) is 0 Å². The first kappa shape index (κ1) is 25.9. The van der Waals surface area contributed by atoms with Gasteiger partial charge in [-0.3, -0.25) is 4.79 Å². The van der Waals surface area contributed by atoms with Gasteiger partial charge in [-0.25, -0.2) is 0 Å². The number of hydrogen-bond donors (Lipinski definition) is 1. The highest BCUT2D eigenvalue weighted by Crippen LogP contribution is 2.36. The van der Waals surface area contributed by atoms with Crippen LogP contribution >= 0.6 is 0 Å². The Labute approximate surface area is 210 Å². The number of carbonyl (C=O) groups is 1. The summed E-state index contributed by atoms with van der Waals surface area (Å²) in [5.74, 6) is 1.45. The van der Waals surface area contributed by atoms with Crippen molar-refractivity contribution in [3.05, 3.63) is 41.0 Å². The zero-order valence-electron chi connectivity index (χ0n) is 21.4. The van der Waals surface area contributed by atoms with Gasteiger partial charge in [0.05, 0.1) is 0 Å². The normalized spacial score (nSPS) is 23.5. The van der Waals surface area contributed by atoms with E-state index < -0.39 is 10.0 Å². The van der Waals surface area contributed by atoms with Crippen molar-refractivity contribution in [1.82, 2.24) is 15.1 Å². The highest BCUT2D eigenvalue weighted by Gasteiger charge is 2.36. The Balaban J connectivity index is 1.30. The molecule has 1 N–H and O–H groups in total. The van der Waals surface area contributed by atoms with Gasteiger partial charge >= 0.3 is 0 Å². The molecule has 7 nitrogen and oxygen atoms in total. The number of piperidine rings is 2. The van der Waals surface area contributed by atoms with E-state index in [-0.39, 0.29) is 11.8 Å². The average Bonchev–Trinajstić information content (AvgIpc) is 3.12. The molecule has 0 unspecified atom stereocenters. The molecule has 8 heteroatoms. The number of hydrogen-bond acceptors (Lipinski definition) is 5. The minimum Gasteiger partial charge on any atom is -0.356 e. The Kier molecular flexibility index (Phi) is 8.32. The van der Waals surface area contributed by atoms with Gasteiger partial charge < -0.3 is 15.1 Å². The second kappa shape index (κ2) is 11.2. The lowest BCUT2D eigenvalue weighted by Gasteiger charge is -2.33. The monoisotopic (exact) mass is 500 g/mol. The molecule has 0 aromatic heterocycles. The molecule has 1 amide bonds. The molecule has 4 rings (SSSR count). The summed E-state index contributed by atoms with van der Waals surface area (Å²) in [6.45, 7) is 11.7. The maximum absolute atomic E-state index is 13.0. The van der Waals surface area contributed by atoms with E-state index in [0.29, 0.717) is 48.7 Å². The van der Waals surface area contributed by atoms with Crippen molar-refractivity contribution in [2.24, 2.45) is 16.2 Å². The van der Waals surface area contributed by atoms with E-state index in [0.717, 1.165) is 36.6 Å². The second-order valence-corrected chi connectivity index (χ2v) is 11.9. The largest absolute Gasteiger partial charge is 0.356 e. The predicted molar refractivity (Wildman–Crippen MR) is 142 cm³/mol. The van der Waals surface area contributed by atoms with Crippen LogP contribution in [0.15, 0.2) is 34.2 Å². The Morgan fingerprint density at radius 1 is 1.11 bits per heavy atom. The maximum Gasteiger partial charge on any atom is 0.285 e. The van der Waals surface area contributed by atoms with E-state index in [1.54, 1.807) is 0 Å². The Bertz CT molecular complexity index is 1070. The van der Waals surface area contributed by atoms with Gasteiger partial charge in [0.25, 0.3) is 10.0 Å². The van der Waals surface area contributed by atoms with E-state index in [9.17, 15) is 13.2 Å². The molecule has 192 valence electrons. The first-order chi connectivity index (χ1) is 16.8. The van der Waals surface area contributed by atoms with E-state index in [2.05, 4.69) is 26.4 Å². The molecule has 1 aromatic carbocycles. The average molecular weight is 501 g/mol. The SMILES string of the molecule is CCC1=C(c2ccc(C)cc2)S(=O)(=O)N=C1N1CCC(C(=O)NCCCN2CCC[C@@H](C)C2)CC1. The number of nitrogens with zero attached hydrogens (tertiary/aromatic N) is 3. The third-order valence-corrected chi connectivity index (χ3v) is 8.94. The van der Waals surface area contributed by atoms with Gasteiger partial charge in [0, 0.05) is 37.7 Å². The molecule has 1 atom stereocenters. The predicted octanol–water partition coefficient (Wildman–Crippen LogP) is 3.81. The van der Waals surface area contributed by atoms with Crippen molar-refractivity contribution >= 4 is 26.7 Å². The molecular weight excluding hydrogens is 460 g/mol. The van der Waals surface area contributed by atoms with Crippen LogP contribution in [0.2, 0.25) is 0 Å². The number of amidine groups is 1. The zero-order valence-corrected chi connectivity index (χ0v) is 22.2. The van der Waals surface area contributed by atoms with Crippen LogP contribution < -0.4 is 5.32 Å². The number of carbonyl (C=O) groups excluding carboxylic acids is 1. The Morgan fingerprint density at radius 3 is 2.49 bits per heavy atom. The van der Waals surface area contributed by atoms with Crippen molar-refractivity contribution in [1.29, 1.82) is 0 Å². The molecule has 3 aliphatic rings. The summed E-state index contributed by atoms with van der Waals surface area (Å²) >= 11 is 0. The van der Waals surface area contributed by atoms with Gasteiger partial charge in [-0.1, -0.05) is 43.7 Å². The lowest BCUT2D eigenvalue weighted by Crippen LogP contribution is -2.43. The van der Waals surface area contributed by atoms with Gasteiger partial charge in [-0.05, 0) is 70.0 Å². The fraction of sp³-hybridized carbons (Fsp3) is 0.630. The van der Waals surface area contributed by atoms with Crippen molar-refractivity contribution in [2.45, 2.75) is 59.3 Å². The van der Waals surface area contributed by atoms with Gasteiger partial charge in [-0.15, -0.1) is 4.40 Å². The number of sulfonamides is 1. The third kappa shape index (κ3) is 6.15. The maximum atomic E-state index is 13.0. The molecule has 35 heavy (non-hydrogen) atoms. The summed E-state index contributed by atoms with van der Waals surface area (Å²) in [4.78, 5) is 17.6. The van der Waals surface area contributed by atoms with Crippen LogP contribution in [0.3, 0.4) is 0 Å². The van der Waals surface area contributed by atoms with Crippen LogP contribution in [0, 0.1) is 18.8 Å². The van der Waals surface area contributed by atoms with Crippen LogP contribution in [0.5, 0.6) is 0 Å². The van der Waals surface area contributed by atoms with Crippen LogP contribution in [-0.2, 0) is 14.8 Å². The summed E-state index contributed by atoms with van der Waals surface area (Å²) in [6, 6.07) is 7.58. The second-order valence-electron chi connectivity index (χ2n) is 10.4. The van der Waals surface area contributed by atoms with Gasteiger partial charge in [-0.2, -0.15) is 8.42 Å². The molecule has 0 bridgehead atoms. The van der Waals surface area contributed by atoms with Crippen molar-refractivity contribution in [2.75, 3.05) is 39.3 Å². The van der Waals surface area contributed by atoms with E-state index in [1.807, 2.05) is 38.1 Å².